The molecule has 0 spiro atoms. The van der Waals surface area contributed by atoms with Crippen LogP contribution in [0.2, 0.25) is 0 Å². The molecule has 0 saturated carbocycles. The van der Waals surface area contributed by atoms with Gasteiger partial charge in [-0.15, -0.1) is 0 Å². The molecule has 0 bridgehead atoms. The fraction of sp³-hybridized carbons (Fsp3) is 0.227. The third kappa shape index (κ3) is 3.03. The first kappa shape index (κ1) is 15.9. The van der Waals surface area contributed by atoms with Crippen molar-refractivity contribution in [2.45, 2.75) is 25.8 Å². The smallest absolute Gasteiger partial charge is 0.133 e. The van der Waals surface area contributed by atoms with Gasteiger partial charge < -0.3 is 10.6 Å². The van der Waals surface area contributed by atoms with Crippen molar-refractivity contribution in [3.05, 3.63) is 89.1 Å². The number of rotatable bonds is 3. The number of hydrogen-bond donors (Lipinski definition) is 1. The number of fused-ring (bicyclic) bond motifs is 1. The summed E-state index contributed by atoms with van der Waals surface area (Å²) >= 11 is 0. The molecule has 0 fully saturated rings. The molecule has 0 unspecified atom stereocenters. The largest absolute Gasteiger partial charge is 0.326 e. The zero-order valence-corrected chi connectivity index (χ0v) is 14.5. The quantitative estimate of drug-likeness (QED) is 0.768. The van der Waals surface area contributed by atoms with E-state index >= 15 is 0 Å². The molecule has 25 heavy (non-hydrogen) atoms. The first-order valence-electron chi connectivity index (χ1n) is 8.86. The number of pyridine rings is 1. The lowest BCUT2D eigenvalue weighted by Gasteiger charge is -2.31. The molecule has 4 rings (SSSR count). The summed E-state index contributed by atoms with van der Waals surface area (Å²) in [5.74, 6) is 1.01. The fourth-order valence-corrected chi connectivity index (χ4v) is 3.64. The van der Waals surface area contributed by atoms with Gasteiger partial charge in [-0.2, -0.15) is 0 Å². The van der Waals surface area contributed by atoms with E-state index in [1.807, 2.05) is 24.4 Å². The summed E-state index contributed by atoms with van der Waals surface area (Å²) < 4.78 is 0. The minimum absolute atomic E-state index is 0.142. The first-order chi connectivity index (χ1) is 12.2. The van der Waals surface area contributed by atoms with Crippen LogP contribution in [0.4, 0.5) is 11.5 Å². The number of benzene rings is 2. The number of aromatic nitrogens is 1. The second-order valence-electron chi connectivity index (χ2n) is 6.67. The maximum atomic E-state index is 6.47. The van der Waals surface area contributed by atoms with Gasteiger partial charge in [0, 0.05) is 18.4 Å². The van der Waals surface area contributed by atoms with E-state index in [1.165, 1.54) is 16.8 Å². The highest BCUT2D eigenvalue weighted by molar-refractivity contribution is 5.66. The lowest BCUT2D eigenvalue weighted by atomic mass is 9.97. The summed E-state index contributed by atoms with van der Waals surface area (Å²) in [6.07, 6.45) is 4.24. The van der Waals surface area contributed by atoms with E-state index in [0.29, 0.717) is 0 Å². The lowest BCUT2D eigenvalue weighted by molar-refractivity contribution is 0.757. The van der Waals surface area contributed by atoms with Gasteiger partial charge in [0.25, 0.3) is 0 Å². The highest BCUT2D eigenvalue weighted by Crippen LogP contribution is 2.33. The Hall–Kier alpha value is -2.65. The van der Waals surface area contributed by atoms with E-state index in [4.69, 9.17) is 10.7 Å². The molecule has 2 heterocycles. The third-order valence-corrected chi connectivity index (χ3v) is 5.02. The van der Waals surface area contributed by atoms with E-state index in [0.717, 1.165) is 36.3 Å². The molecule has 0 radical (unpaired) electrons. The second-order valence-corrected chi connectivity index (χ2v) is 6.67. The van der Waals surface area contributed by atoms with Crippen LogP contribution < -0.4 is 10.6 Å². The third-order valence-electron chi connectivity index (χ3n) is 5.02. The number of hydrogen-bond acceptors (Lipinski definition) is 3. The molecule has 3 nitrogen and oxygen atoms in total. The van der Waals surface area contributed by atoms with Crippen LogP contribution >= 0.6 is 0 Å². The molecule has 0 amide bonds. The molecule has 2 aromatic carbocycles. The zero-order chi connectivity index (χ0) is 17.2. The van der Waals surface area contributed by atoms with Crippen LogP contribution in [-0.2, 0) is 6.42 Å². The predicted octanol–water partition coefficient (Wildman–Crippen LogP) is 4.52. The molecule has 2 N–H and O–H groups in total. The van der Waals surface area contributed by atoms with Crippen molar-refractivity contribution in [1.82, 2.24) is 4.98 Å². The minimum Gasteiger partial charge on any atom is -0.326 e. The van der Waals surface area contributed by atoms with Gasteiger partial charge in [0.1, 0.15) is 5.82 Å². The lowest BCUT2D eigenvalue weighted by Crippen LogP contribution is -2.25. The van der Waals surface area contributed by atoms with Crippen molar-refractivity contribution in [2.75, 3.05) is 11.4 Å². The van der Waals surface area contributed by atoms with E-state index < -0.39 is 0 Å². The van der Waals surface area contributed by atoms with E-state index in [9.17, 15) is 0 Å². The van der Waals surface area contributed by atoms with Gasteiger partial charge in [-0.05, 0) is 54.2 Å². The van der Waals surface area contributed by atoms with Crippen LogP contribution in [0.15, 0.2) is 66.9 Å². The summed E-state index contributed by atoms with van der Waals surface area (Å²) in [6.45, 7) is 3.13. The van der Waals surface area contributed by atoms with Crippen LogP contribution in [0.25, 0.3) is 0 Å². The Morgan fingerprint density at radius 2 is 1.80 bits per heavy atom. The Bertz CT molecular complexity index is 873. The van der Waals surface area contributed by atoms with Gasteiger partial charge in [0.15, 0.2) is 0 Å². The van der Waals surface area contributed by atoms with Crippen LogP contribution in [0, 0.1) is 6.92 Å². The second kappa shape index (κ2) is 6.69. The maximum Gasteiger partial charge on any atom is 0.133 e. The van der Waals surface area contributed by atoms with Crippen molar-refractivity contribution >= 4 is 11.5 Å². The summed E-state index contributed by atoms with van der Waals surface area (Å²) in [5.41, 5.74) is 12.5. The number of para-hydroxylation sites is 1. The van der Waals surface area contributed by atoms with Crippen LogP contribution in [0.3, 0.4) is 0 Å². The van der Waals surface area contributed by atoms with Gasteiger partial charge in [0.2, 0.25) is 0 Å². The van der Waals surface area contributed by atoms with Crippen LogP contribution in [-0.4, -0.2) is 11.5 Å². The standard InChI is InChI=1S/C22H23N3/c1-16-14-21(25-13-7-11-17-8-5-6-12-20(17)25)24-15-19(16)22(23)18-9-3-2-4-10-18/h2-6,8-10,12,14-15,22H,7,11,13,23H2,1H3/t22-/m0/s1. The van der Waals surface area contributed by atoms with Crippen molar-refractivity contribution in [3.8, 4) is 0 Å². The van der Waals surface area contributed by atoms with Crippen molar-refractivity contribution in [2.24, 2.45) is 5.73 Å². The van der Waals surface area contributed by atoms with Gasteiger partial charge in [0.05, 0.1) is 6.04 Å². The number of aryl methyl sites for hydroxylation is 2. The van der Waals surface area contributed by atoms with Gasteiger partial charge in [-0.25, -0.2) is 4.98 Å². The maximum absolute atomic E-state index is 6.47. The predicted molar refractivity (Wildman–Crippen MR) is 103 cm³/mol. The van der Waals surface area contributed by atoms with E-state index in [-0.39, 0.29) is 6.04 Å². The normalized spacial score (nSPS) is 14.9. The molecule has 0 saturated heterocycles. The fourth-order valence-electron chi connectivity index (χ4n) is 3.64. The molecule has 3 aromatic rings. The topological polar surface area (TPSA) is 42.2 Å². The van der Waals surface area contributed by atoms with Crippen molar-refractivity contribution < 1.29 is 0 Å². The molecule has 1 aromatic heterocycles. The summed E-state index contributed by atoms with van der Waals surface area (Å²) in [4.78, 5) is 7.08. The molecule has 126 valence electrons. The SMILES string of the molecule is Cc1cc(N2CCCc3ccccc32)ncc1[C@@H](N)c1ccccc1. The Morgan fingerprint density at radius 1 is 1.04 bits per heavy atom. The van der Waals surface area contributed by atoms with Gasteiger partial charge >= 0.3 is 0 Å². The highest BCUT2D eigenvalue weighted by atomic mass is 15.2. The van der Waals surface area contributed by atoms with Crippen molar-refractivity contribution in [3.63, 3.8) is 0 Å². The average Bonchev–Trinajstić information content (AvgIpc) is 2.67. The van der Waals surface area contributed by atoms with E-state index in [1.54, 1.807) is 0 Å². The first-order valence-corrected chi connectivity index (χ1v) is 8.86. The summed E-state index contributed by atoms with van der Waals surface area (Å²) in [5, 5.41) is 0. The van der Waals surface area contributed by atoms with Gasteiger partial charge in [-0.3, -0.25) is 0 Å². The monoisotopic (exact) mass is 329 g/mol. The Balaban J connectivity index is 1.67. The van der Waals surface area contributed by atoms with Crippen molar-refractivity contribution in [1.29, 1.82) is 0 Å². The molecule has 1 aliphatic rings. The molecular weight excluding hydrogens is 306 g/mol. The molecular formula is C22H23N3. The van der Waals surface area contributed by atoms with Gasteiger partial charge in [-0.1, -0.05) is 48.5 Å². The molecule has 0 aliphatic carbocycles. The summed E-state index contributed by atoms with van der Waals surface area (Å²) in [6, 6.07) is 20.8. The number of nitrogens with zero attached hydrogens (tertiary/aromatic N) is 2. The molecule has 1 atom stereocenters. The van der Waals surface area contributed by atoms with Crippen LogP contribution in [0.5, 0.6) is 0 Å². The molecule has 3 heteroatoms. The minimum atomic E-state index is -0.142. The van der Waals surface area contributed by atoms with Crippen LogP contribution in [0.1, 0.15) is 34.7 Å². The Kier molecular flexibility index (Phi) is 4.24. The number of anilines is 2. The number of nitrogens with two attached hydrogens (primary N) is 1. The summed E-state index contributed by atoms with van der Waals surface area (Å²) in [7, 11) is 0. The highest BCUT2D eigenvalue weighted by Gasteiger charge is 2.20. The zero-order valence-electron chi connectivity index (χ0n) is 14.5. The molecule has 1 aliphatic heterocycles. The Morgan fingerprint density at radius 3 is 2.60 bits per heavy atom. The van der Waals surface area contributed by atoms with E-state index in [2.05, 4.69) is 54.3 Å². The average molecular weight is 329 g/mol. The Labute approximate surface area is 149 Å².